The second-order valence-electron chi connectivity index (χ2n) is 8.88. The number of hydrogen-bond acceptors (Lipinski definition) is 6. The highest BCUT2D eigenvalue weighted by molar-refractivity contribution is 6.01. The lowest BCUT2D eigenvalue weighted by atomic mass is 9.82. The van der Waals surface area contributed by atoms with Gasteiger partial charge in [0.2, 0.25) is 5.91 Å². The number of nitrogens with zero attached hydrogens (tertiary/aromatic N) is 2. The van der Waals surface area contributed by atoms with Crippen LogP contribution in [0.4, 0.5) is 0 Å². The number of likely N-dealkylation sites (tertiary alicyclic amines) is 1. The van der Waals surface area contributed by atoms with E-state index in [1.165, 1.54) is 0 Å². The first-order valence-corrected chi connectivity index (χ1v) is 11.2. The quantitative estimate of drug-likeness (QED) is 0.642. The molecule has 3 heterocycles. The van der Waals surface area contributed by atoms with E-state index in [-0.39, 0.29) is 24.5 Å². The molecule has 8 nitrogen and oxygen atoms in total. The van der Waals surface area contributed by atoms with Crippen LogP contribution in [0.1, 0.15) is 45.7 Å². The Kier molecular flexibility index (Phi) is 5.43. The highest BCUT2D eigenvalue weighted by Crippen LogP contribution is 2.40. The first-order valence-electron chi connectivity index (χ1n) is 11.2. The Balaban J connectivity index is 1.32. The Hall–Kier alpha value is -3.94. The van der Waals surface area contributed by atoms with Crippen LogP contribution in [0.25, 0.3) is 10.9 Å². The van der Waals surface area contributed by atoms with Crippen LogP contribution in [-0.2, 0) is 11.2 Å². The number of nitrogens with two attached hydrogens (primary N) is 1. The van der Waals surface area contributed by atoms with E-state index in [9.17, 15) is 14.4 Å². The molecule has 0 saturated carbocycles. The fraction of sp³-hybridized carbons (Fsp3) is 0.308. The van der Waals surface area contributed by atoms with Crippen LogP contribution in [0, 0.1) is 0 Å². The van der Waals surface area contributed by atoms with Gasteiger partial charge in [0.05, 0.1) is 31.0 Å². The molecule has 2 aliphatic heterocycles. The van der Waals surface area contributed by atoms with Crippen molar-refractivity contribution in [2.45, 2.75) is 31.3 Å². The maximum absolute atomic E-state index is 13.2. The van der Waals surface area contributed by atoms with E-state index in [1.54, 1.807) is 36.3 Å². The van der Waals surface area contributed by atoms with Gasteiger partial charge >= 0.3 is 0 Å². The number of para-hydroxylation sites is 1. The Bertz CT molecular complexity index is 1310. The van der Waals surface area contributed by atoms with Crippen LogP contribution in [-0.4, -0.2) is 53.3 Å². The molecule has 0 radical (unpaired) electrons. The highest BCUT2D eigenvalue weighted by Gasteiger charge is 2.44. The van der Waals surface area contributed by atoms with Gasteiger partial charge in [-0.1, -0.05) is 18.2 Å². The van der Waals surface area contributed by atoms with Crippen LogP contribution in [0.5, 0.6) is 11.5 Å². The molecule has 0 atom stereocenters. The summed E-state index contributed by atoms with van der Waals surface area (Å²) in [6.07, 6.45) is 1.40. The number of carbonyl (C=O) groups excluding carboxylic acids is 3. The van der Waals surface area contributed by atoms with Crippen molar-refractivity contribution in [3.05, 3.63) is 65.4 Å². The number of rotatable bonds is 4. The van der Waals surface area contributed by atoms with E-state index in [0.29, 0.717) is 59.8 Å². The zero-order valence-corrected chi connectivity index (χ0v) is 18.9. The summed E-state index contributed by atoms with van der Waals surface area (Å²) in [5, 5.41) is 0.853. The summed E-state index contributed by atoms with van der Waals surface area (Å²) in [6, 6.07) is 14.4. The summed E-state index contributed by atoms with van der Waals surface area (Å²) >= 11 is 0. The van der Waals surface area contributed by atoms with Gasteiger partial charge in [-0.2, -0.15) is 0 Å². The molecule has 1 fully saturated rings. The number of Topliss-reactive ketones (excluding diaryl/α,β-unsaturated/α-hetero) is 1. The fourth-order valence-corrected chi connectivity index (χ4v) is 4.83. The van der Waals surface area contributed by atoms with Gasteiger partial charge in [0, 0.05) is 37.4 Å². The first-order chi connectivity index (χ1) is 16.4. The van der Waals surface area contributed by atoms with Crippen molar-refractivity contribution in [2.75, 3.05) is 20.2 Å². The van der Waals surface area contributed by atoms with E-state index < -0.39 is 11.5 Å². The average Bonchev–Trinajstić information content (AvgIpc) is 2.83. The minimum atomic E-state index is -0.638. The van der Waals surface area contributed by atoms with Gasteiger partial charge in [-0.3, -0.25) is 14.4 Å². The van der Waals surface area contributed by atoms with Gasteiger partial charge in [-0.15, -0.1) is 0 Å². The van der Waals surface area contributed by atoms with Crippen molar-refractivity contribution in [1.29, 1.82) is 0 Å². The number of ketones is 1. The second kappa shape index (κ2) is 8.44. The molecule has 34 heavy (non-hydrogen) atoms. The number of aromatic nitrogens is 1. The molecule has 1 aromatic heterocycles. The highest BCUT2D eigenvalue weighted by atomic mass is 16.5. The molecular weight excluding hydrogens is 434 g/mol. The molecule has 0 aliphatic carbocycles. The molecule has 3 aromatic rings. The van der Waals surface area contributed by atoms with Crippen molar-refractivity contribution in [2.24, 2.45) is 5.73 Å². The number of hydrogen-bond donors (Lipinski definition) is 1. The zero-order valence-electron chi connectivity index (χ0n) is 18.9. The smallest absolute Gasteiger partial charge is 0.272 e. The fourth-order valence-electron chi connectivity index (χ4n) is 4.83. The number of primary amides is 1. The SMILES string of the molecule is COc1cc(C(=O)N2CCC3(CC2)CC(=O)c2cc(CC(N)=O)ccc2O3)nc2ccccc12. The van der Waals surface area contributed by atoms with Crippen LogP contribution >= 0.6 is 0 Å². The number of carbonyl (C=O) groups is 3. The molecule has 2 amide bonds. The third kappa shape index (κ3) is 3.96. The van der Waals surface area contributed by atoms with Crippen molar-refractivity contribution >= 4 is 28.5 Å². The molecule has 2 N–H and O–H groups in total. The van der Waals surface area contributed by atoms with Crippen LogP contribution in [0.15, 0.2) is 48.5 Å². The lowest BCUT2D eigenvalue weighted by molar-refractivity contribution is -0.117. The molecule has 2 aliphatic rings. The van der Waals surface area contributed by atoms with Gasteiger partial charge in [-0.25, -0.2) is 4.98 Å². The Labute approximate surface area is 196 Å². The van der Waals surface area contributed by atoms with Crippen LogP contribution in [0.3, 0.4) is 0 Å². The lowest BCUT2D eigenvalue weighted by Gasteiger charge is -2.44. The lowest BCUT2D eigenvalue weighted by Crippen LogP contribution is -2.52. The topological polar surface area (TPSA) is 112 Å². The summed E-state index contributed by atoms with van der Waals surface area (Å²) in [5.74, 6) is 0.489. The van der Waals surface area contributed by atoms with Gasteiger partial charge < -0.3 is 20.1 Å². The molecule has 0 bridgehead atoms. The van der Waals surface area contributed by atoms with Crippen LogP contribution in [0.2, 0.25) is 0 Å². The number of fused-ring (bicyclic) bond motifs is 2. The number of pyridine rings is 1. The first kappa shape index (κ1) is 21.9. The van der Waals surface area contributed by atoms with E-state index >= 15 is 0 Å². The van der Waals surface area contributed by atoms with Crippen molar-refractivity contribution < 1.29 is 23.9 Å². The van der Waals surface area contributed by atoms with Gasteiger partial charge in [0.15, 0.2) is 5.78 Å². The molecule has 174 valence electrons. The summed E-state index contributed by atoms with van der Waals surface area (Å²) in [4.78, 5) is 43.7. The molecule has 0 unspecified atom stereocenters. The van der Waals surface area contributed by atoms with Gasteiger partial charge in [0.25, 0.3) is 5.91 Å². The third-order valence-electron chi connectivity index (χ3n) is 6.61. The van der Waals surface area contributed by atoms with Crippen LogP contribution < -0.4 is 15.2 Å². The number of ether oxygens (including phenoxy) is 2. The molecule has 1 saturated heterocycles. The second-order valence-corrected chi connectivity index (χ2v) is 8.88. The Morgan fingerprint density at radius 1 is 1.15 bits per heavy atom. The predicted octanol–water partition coefficient (Wildman–Crippen LogP) is 2.91. The number of piperidine rings is 1. The van der Waals surface area contributed by atoms with E-state index in [4.69, 9.17) is 15.2 Å². The van der Waals surface area contributed by atoms with Crippen molar-refractivity contribution in [3.8, 4) is 11.5 Å². The largest absolute Gasteiger partial charge is 0.496 e. The molecular formula is C26H25N3O5. The summed E-state index contributed by atoms with van der Waals surface area (Å²) in [7, 11) is 1.58. The molecule has 5 rings (SSSR count). The Morgan fingerprint density at radius 3 is 2.65 bits per heavy atom. The predicted molar refractivity (Wildman–Crippen MR) is 125 cm³/mol. The number of benzene rings is 2. The zero-order chi connectivity index (χ0) is 23.9. The van der Waals surface area contributed by atoms with E-state index in [0.717, 1.165) is 5.39 Å². The minimum Gasteiger partial charge on any atom is -0.496 e. The average molecular weight is 460 g/mol. The van der Waals surface area contributed by atoms with E-state index in [1.807, 2.05) is 24.3 Å². The maximum atomic E-state index is 13.2. The summed E-state index contributed by atoms with van der Waals surface area (Å²) < 4.78 is 11.8. The van der Waals surface area contributed by atoms with Crippen molar-refractivity contribution in [1.82, 2.24) is 9.88 Å². The van der Waals surface area contributed by atoms with E-state index in [2.05, 4.69) is 4.98 Å². The molecule has 1 spiro atoms. The normalized spacial score (nSPS) is 16.7. The monoisotopic (exact) mass is 459 g/mol. The molecule has 8 heteroatoms. The van der Waals surface area contributed by atoms with Crippen molar-refractivity contribution in [3.63, 3.8) is 0 Å². The third-order valence-corrected chi connectivity index (χ3v) is 6.61. The number of methoxy groups -OCH3 is 1. The summed E-state index contributed by atoms with van der Waals surface area (Å²) in [6.45, 7) is 0.913. The number of amides is 2. The molecule has 2 aromatic carbocycles. The van der Waals surface area contributed by atoms with Gasteiger partial charge in [-0.05, 0) is 29.8 Å². The maximum Gasteiger partial charge on any atom is 0.272 e. The summed E-state index contributed by atoms with van der Waals surface area (Å²) in [5.41, 5.74) is 6.84. The minimum absolute atomic E-state index is 0.0201. The Morgan fingerprint density at radius 2 is 1.91 bits per heavy atom. The standard InChI is InChI=1S/C26H25N3O5/c1-33-23-14-20(28-19-5-3-2-4-17(19)23)25(32)29-10-8-26(9-11-29)15-21(30)18-12-16(13-24(27)31)6-7-22(18)34-26/h2-7,12,14H,8-11,13,15H2,1H3,(H2,27,31). The van der Waals surface area contributed by atoms with Gasteiger partial charge in [0.1, 0.15) is 22.8 Å².